The van der Waals surface area contributed by atoms with Gasteiger partial charge in [0, 0.05) is 48.6 Å². The van der Waals surface area contributed by atoms with Gasteiger partial charge in [-0.15, -0.1) is 48.0 Å². The summed E-state index contributed by atoms with van der Waals surface area (Å²) in [4.78, 5) is 9.80. The van der Waals surface area contributed by atoms with Gasteiger partial charge in [-0.3, -0.25) is 9.37 Å². The first-order valence-electron chi connectivity index (χ1n) is 23.9. The Kier molecular flexibility index (Phi) is 12.5. The van der Waals surface area contributed by atoms with Crippen molar-refractivity contribution in [3.05, 3.63) is 205 Å². The van der Waals surface area contributed by atoms with E-state index in [1.54, 1.807) is 6.07 Å². The summed E-state index contributed by atoms with van der Waals surface area (Å²) in [6.45, 7) is 16.1. The minimum atomic E-state index is -1.34. The van der Waals surface area contributed by atoms with Crippen LogP contribution in [0, 0.1) is 17.9 Å². The average molecular weight is 1110 g/mol. The van der Waals surface area contributed by atoms with Crippen LogP contribution in [0.5, 0.6) is 0 Å². The van der Waals surface area contributed by atoms with Gasteiger partial charge in [-0.2, -0.15) is 0 Å². The Bertz CT molecular complexity index is 3880. The zero-order valence-electron chi connectivity index (χ0n) is 40.4. The number of aromatic nitrogens is 3. The number of nitrogens with zero attached hydrogens (tertiary/aromatic N) is 3. The van der Waals surface area contributed by atoms with Crippen molar-refractivity contribution in [2.75, 3.05) is 0 Å². The predicted molar refractivity (Wildman–Crippen MR) is 290 cm³/mol. The monoisotopic (exact) mass is 1110 g/mol. The van der Waals surface area contributed by atoms with Gasteiger partial charge in [-0.05, 0) is 103 Å². The van der Waals surface area contributed by atoms with Crippen LogP contribution in [0.15, 0.2) is 180 Å². The van der Waals surface area contributed by atoms with E-state index in [-0.39, 0.29) is 37.8 Å². The van der Waals surface area contributed by atoms with Crippen molar-refractivity contribution in [1.29, 1.82) is 0 Å². The smallest absolute Gasteiger partial charge is 0.121 e. The van der Waals surface area contributed by atoms with E-state index in [1.807, 2.05) is 12.3 Å². The molecule has 0 saturated carbocycles. The van der Waals surface area contributed by atoms with Crippen molar-refractivity contribution in [3.63, 3.8) is 0 Å². The summed E-state index contributed by atoms with van der Waals surface area (Å²) in [5.41, 5.74) is 12.5. The molecule has 0 aliphatic rings. The summed E-state index contributed by atoms with van der Waals surface area (Å²) < 4.78 is 22.2. The van der Waals surface area contributed by atoms with Gasteiger partial charge >= 0.3 is 0 Å². The number of rotatable bonds is 7. The van der Waals surface area contributed by atoms with Crippen LogP contribution in [0.1, 0.15) is 50.7 Å². The third-order valence-corrected chi connectivity index (χ3v) is 15.5. The molecular weight excluding hydrogens is 1050 g/mol. The summed E-state index contributed by atoms with van der Waals surface area (Å²) in [5.74, 6) is 1.08. The van der Waals surface area contributed by atoms with E-state index in [2.05, 4.69) is 215 Å². The molecule has 0 spiro atoms. The Morgan fingerprint density at radius 2 is 1.27 bits per heavy atom. The summed E-state index contributed by atoms with van der Waals surface area (Å²) in [6.07, 6.45) is 1.82. The van der Waals surface area contributed by atoms with Crippen molar-refractivity contribution >= 4 is 78.5 Å². The molecular formula is C63H52FIrN3OSi-2. The van der Waals surface area contributed by atoms with E-state index in [9.17, 15) is 4.39 Å². The molecule has 70 heavy (non-hydrogen) atoms. The molecule has 0 saturated heterocycles. The number of halogens is 1. The van der Waals surface area contributed by atoms with Crippen LogP contribution in [0.3, 0.4) is 0 Å². The Morgan fingerprint density at radius 3 is 1.97 bits per heavy atom. The number of furan rings is 1. The first-order valence-corrected chi connectivity index (χ1v) is 27.4. The van der Waals surface area contributed by atoms with E-state index in [0.29, 0.717) is 0 Å². The van der Waals surface area contributed by atoms with Crippen LogP contribution >= 0.6 is 0 Å². The molecule has 0 bridgehead atoms. The second-order valence-electron chi connectivity index (χ2n) is 19.8. The van der Waals surface area contributed by atoms with Crippen LogP contribution in [0.4, 0.5) is 4.39 Å². The number of hydrogen-bond donors (Lipinski definition) is 0. The van der Waals surface area contributed by atoms with Crippen LogP contribution in [-0.2, 0) is 20.1 Å². The number of fused-ring (bicyclic) bond motifs is 9. The zero-order chi connectivity index (χ0) is 47.6. The van der Waals surface area contributed by atoms with Gasteiger partial charge < -0.3 is 14.0 Å². The molecule has 0 fully saturated rings. The number of imidazole rings is 1. The fourth-order valence-corrected chi connectivity index (χ4v) is 11.0. The topological polar surface area (TPSA) is 43.9 Å². The molecule has 0 aliphatic carbocycles. The molecule has 3 aromatic heterocycles. The quantitative estimate of drug-likeness (QED) is 0.0907. The first-order chi connectivity index (χ1) is 33.4. The molecule has 3 heterocycles. The van der Waals surface area contributed by atoms with Gasteiger partial charge in [0.25, 0.3) is 0 Å². The van der Waals surface area contributed by atoms with Gasteiger partial charge in [0.15, 0.2) is 0 Å². The van der Waals surface area contributed by atoms with E-state index >= 15 is 0 Å². The van der Waals surface area contributed by atoms with Crippen LogP contribution in [0.25, 0.3) is 105 Å². The Balaban J connectivity index is 0.000000268. The summed E-state index contributed by atoms with van der Waals surface area (Å²) in [5, 5.41) is 10.7. The second kappa shape index (κ2) is 18.7. The SMILES string of the molecule is CC(C)c1cc(-c2ccccc2)cc(C(C)C)c1-n1c(-c2[c-]ccc3c2oc2cc4c(ccc5ccccc54)cc23)nc2ccc3ccccc3c21.C[Si](C)(C)c1ccnc(-c2[c-]cc(F)cc2)c1.[Ir]. The number of benzene rings is 9. The van der Waals surface area contributed by atoms with E-state index in [0.717, 1.165) is 55.6 Å². The molecule has 347 valence electrons. The molecule has 4 nitrogen and oxygen atoms in total. The van der Waals surface area contributed by atoms with E-state index in [1.165, 1.54) is 77.6 Å². The molecule has 1 radical (unpaired) electrons. The van der Waals surface area contributed by atoms with Gasteiger partial charge in [-0.1, -0.05) is 167 Å². The summed E-state index contributed by atoms with van der Waals surface area (Å²) in [6, 6.07) is 65.4. The molecule has 0 atom stereocenters. The number of hydrogen-bond acceptors (Lipinski definition) is 3. The minimum Gasteiger partial charge on any atom is -0.501 e. The standard InChI is InChI=1S/C49H37N2O.C14H15FNSi.Ir/c1-29(2)40-26-35(31-13-6-5-7-14-31)27-41(30(3)4)46(40)51-47-37-18-11-9-16-33(37)23-24-44(47)50-49(51)39-20-12-19-38-43-25-34-22-21-32-15-8-10-17-36(32)42(34)28-45(43)52-48(38)39;1-17(2,3)13-8-9-16-14(10-13)11-4-6-12(15)7-5-11;/h5-19,21-30H,1-4H3;4,6-10H,1-3H3;/q2*-1;. The predicted octanol–water partition coefficient (Wildman–Crippen LogP) is 17.0. The molecule has 0 unspecified atom stereocenters. The number of pyridine rings is 1. The van der Waals surface area contributed by atoms with Crippen LogP contribution in [0.2, 0.25) is 19.6 Å². The summed E-state index contributed by atoms with van der Waals surface area (Å²) in [7, 11) is -1.34. The van der Waals surface area contributed by atoms with Crippen molar-refractivity contribution < 1.29 is 28.9 Å². The van der Waals surface area contributed by atoms with Gasteiger partial charge in [0.2, 0.25) is 0 Å². The maximum absolute atomic E-state index is 12.8. The Hall–Kier alpha value is -7.02. The molecule has 12 rings (SSSR count). The molecule has 0 amide bonds. The molecule has 0 N–H and O–H groups in total. The van der Waals surface area contributed by atoms with E-state index < -0.39 is 8.07 Å². The van der Waals surface area contributed by atoms with Crippen molar-refractivity contribution in [2.24, 2.45) is 0 Å². The third kappa shape index (κ3) is 8.46. The third-order valence-electron chi connectivity index (χ3n) is 13.5. The molecule has 7 heteroatoms. The molecule has 0 aliphatic heterocycles. The van der Waals surface area contributed by atoms with Gasteiger partial charge in [0.05, 0.1) is 30.5 Å². The minimum absolute atomic E-state index is 0. The van der Waals surface area contributed by atoms with Gasteiger partial charge in [-0.25, -0.2) is 0 Å². The van der Waals surface area contributed by atoms with Crippen LogP contribution in [-0.4, -0.2) is 22.6 Å². The normalized spacial score (nSPS) is 11.9. The van der Waals surface area contributed by atoms with E-state index in [4.69, 9.17) is 9.40 Å². The average Bonchev–Trinajstić information content (AvgIpc) is 3.94. The summed E-state index contributed by atoms with van der Waals surface area (Å²) >= 11 is 0. The van der Waals surface area contributed by atoms with Crippen molar-refractivity contribution in [3.8, 4) is 39.5 Å². The largest absolute Gasteiger partial charge is 0.501 e. The zero-order valence-corrected chi connectivity index (χ0v) is 43.8. The maximum atomic E-state index is 12.8. The fraction of sp³-hybridized carbons (Fsp3) is 0.143. The van der Waals surface area contributed by atoms with Crippen molar-refractivity contribution in [1.82, 2.24) is 14.5 Å². The van der Waals surface area contributed by atoms with Crippen molar-refractivity contribution in [2.45, 2.75) is 59.2 Å². The second-order valence-corrected chi connectivity index (χ2v) is 24.8. The van der Waals surface area contributed by atoms with Crippen LogP contribution < -0.4 is 5.19 Å². The molecule has 9 aromatic carbocycles. The Labute approximate surface area is 423 Å². The maximum Gasteiger partial charge on any atom is 0.121 e. The Morgan fingerprint density at radius 1 is 0.600 bits per heavy atom. The molecule has 12 aromatic rings. The fourth-order valence-electron chi connectivity index (χ4n) is 9.86. The first kappa shape index (κ1) is 46.7. The van der Waals surface area contributed by atoms with Gasteiger partial charge in [0.1, 0.15) is 5.58 Å².